The van der Waals surface area contributed by atoms with Gasteiger partial charge in [0.25, 0.3) is 0 Å². The van der Waals surface area contributed by atoms with Crippen molar-refractivity contribution in [3.05, 3.63) is 45.8 Å². The molecule has 0 unspecified atom stereocenters. The van der Waals surface area contributed by atoms with Crippen LogP contribution in [0.5, 0.6) is 0 Å². The summed E-state index contributed by atoms with van der Waals surface area (Å²) in [6, 6.07) is 7.30. The normalized spacial score (nSPS) is 10.3. The van der Waals surface area contributed by atoms with Crippen LogP contribution in [-0.4, -0.2) is 17.7 Å². The third-order valence-corrected chi connectivity index (χ3v) is 3.63. The van der Waals surface area contributed by atoms with Crippen LogP contribution in [0.4, 0.5) is 10.5 Å². The molecule has 0 fully saturated rings. The topological polar surface area (TPSA) is 67.2 Å². The summed E-state index contributed by atoms with van der Waals surface area (Å²) in [7, 11) is 0. The average molecular weight is 338 g/mol. The van der Waals surface area contributed by atoms with Crippen LogP contribution in [0, 0.1) is 13.8 Å². The molecule has 2 rings (SSSR count). The van der Waals surface area contributed by atoms with E-state index in [0.717, 1.165) is 27.2 Å². The lowest BCUT2D eigenvalue weighted by molar-refractivity contribution is 0.252. The molecule has 1 heterocycles. The number of nitrogens with one attached hydrogen (secondary N) is 2. The van der Waals surface area contributed by atoms with Gasteiger partial charge in [-0.05, 0) is 31.5 Å². The molecule has 6 heteroatoms. The summed E-state index contributed by atoms with van der Waals surface area (Å²) in [5, 5.41) is 9.42. The van der Waals surface area contributed by atoms with Gasteiger partial charge in [0.1, 0.15) is 5.76 Å². The maximum atomic E-state index is 11.7. The van der Waals surface area contributed by atoms with Crippen molar-refractivity contribution in [1.29, 1.82) is 0 Å². The minimum atomic E-state index is -0.235. The Hall–Kier alpha value is -1.82. The van der Waals surface area contributed by atoms with Gasteiger partial charge in [0.2, 0.25) is 0 Å². The van der Waals surface area contributed by atoms with Gasteiger partial charge in [0.05, 0.1) is 5.69 Å². The van der Waals surface area contributed by atoms with E-state index in [9.17, 15) is 4.79 Å². The first kappa shape index (κ1) is 14.6. The minimum absolute atomic E-state index is 0.235. The molecule has 0 radical (unpaired) electrons. The second kappa shape index (κ2) is 6.56. The van der Waals surface area contributed by atoms with Crippen LogP contribution in [-0.2, 0) is 6.42 Å². The van der Waals surface area contributed by atoms with Crippen LogP contribution >= 0.6 is 15.9 Å². The number of benzene rings is 1. The number of halogens is 1. The van der Waals surface area contributed by atoms with E-state index in [0.29, 0.717) is 13.0 Å². The SMILES string of the molecule is Cc1cc(CCNC(=O)Nc2ccc(C)c(Br)c2)no1. The molecule has 0 spiro atoms. The van der Waals surface area contributed by atoms with E-state index >= 15 is 0 Å². The maximum absolute atomic E-state index is 11.7. The third kappa shape index (κ3) is 4.09. The van der Waals surface area contributed by atoms with Crippen molar-refractivity contribution in [3.8, 4) is 0 Å². The Kier molecular flexibility index (Phi) is 4.79. The highest BCUT2D eigenvalue weighted by Gasteiger charge is 2.04. The number of anilines is 1. The Balaban J connectivity index is 1.79. The van der Waals surface area contributed by atoms with Crippen molar-refractivity contribution >= 4 is 27.6 Å². The molecular weight excluding hydrogens is 322 g/mol. The van der Waals surface area contributed by atoms with E-state index in [2.05, 4.69) is 31.7 Å². The Morgan fingerprint density at radius 3 is 2.80 bits per heavy atom. The Morgan fingerprint density at radius 2 is 2.15 bits per heavy atom. The number of amides is 2. The number of aromatic nitrogens is 1. The summed E-state index contributed by atoms with van der Waals surface area (Å²) >= 11 is 3.43. The molecule has 0 bridgehead atoms. The van der Waals surface area contributed by atoms with Gasteiger partial charge < -0.3 is 15.2 Å². The first-order chi connectivity index (χ1) is 9.54. The molecule has 5 nitrogen and oxygen atoms in total. The fraction of sp³-hybridized carbons (Fsp3) is 0.286. The molecule has 2 aromatic rings. The molecule has 0 atom stereocenters. The lowest BCUT2D eigenvalue weighted by atomic mass is 10.2. The smallest absolute Gasteiger partial charge is 0.319 e. The molecule has 1 aromatic carbocycles. The predicted octanol–water partition coefficient (Wildman–Crippen LogP) is 3.42. The molecule has 0 saturated heterocycles. The van der Waals surface area contributed by atoms with Crippen molar-refractivity contribution in [1.82, 2.24) is 10.5 Å². The fourth-order valence-electron chi connectivity index (χ4n) is 1.69. The first-order valence-corrected chi connectivity index (χ1v) is 7.07. The van der Waals surface area contributed by atoms with Gasteiger partial charge in [-0.2, -0.15) is 0 Å². The largest absolute Gasteiger partial charge is 0.361 e. The monoisotopic (exact) mass is 337 g/mol. The Bertz CT molecular complexity index is 610. The number of carbonyl (C=O) groups is 1. The van der Waals surface area contributed by atoms with Crippen LogP contribution < -0.4 is 10.6 Å². The van der Waals surface area contributed by atoms with Gasteiger partial charge in [-0.3, -0.25) is 0 Å². The van der Waals surface area contributed by atoms with Crippen LogP contribution in [0.15, 0.2) is 33.3 Å². The van der Waals surface area contributed by atoms with Crippen molar-refractivity contribution in [2.24, 2.45) is 0 Å². The highest BCUT2D eigenvalue weighted by molar-refractivity contribution is 9.10. The Labute approximate surface area is 125 Å². The van der Waals surface area contributed by atoms with Gasteiger partial charge >= 0.3 is 6.03 Å². The summed E-state index contributed by atoms with van der Waals surface area (Å²) in [6.07, 6.45) is 0.641. The second-order valence-corrected chi connectivity index (χ2v) is 5.38. The van der Waals surface area contributed by atoms with Crippen molar-refractivity contribution < 1.29 is 9.32 Å². The molecule has 2 N–H and O–H groups in total. The standard InChI is InChI=1S/C14H16BrN3O2/c1-9-3-4-11(8-13(9)15)17-14(19)16-6-5-12-7-10(2)20-18-12/h3-4,7-8H,5-6H2,1-2H3,(H2,16,17,19). The molecule has 1 aromatic heterocycles. The molecule has 0 saturated carbocycles. The quantitative estimate of drug-likeness (QED) is 0.898. The average Bonchev–Trinajstić information content (AvgIpc) is 2.80. The zero-order chi connectivity index (χ0) is 14.5. The number of hydrogen-bond donors (Lipinski definition) is 2. The molecule has 106 valence electrons. The van der Waals surface area contributed by atoms with E-state index in [4.69, 9.17) is 4.52 Å². The minimum Gasteiger partial charge on any atom is -0.361 e. The fourth-order valence-corrected chi connectivity index (χ4v) is 2.06. The Morgan fingerprint density at radius 1 is 1.35 bits per heavy atom. The van der Waals surface area contributed by atoms with E-state index in [1.165, 1.54) is 0 Å². The van der Waals surface area contributed by atoms with E-state index in [-0.39, 0.29) is 6.03 Å². The lowest BCUT2D eigenvalue weighted by Crippen LogP contribution is -2.30. The zero-order valence-electron chi connectivity index (χ0n) is 11.4. The van der Waals surface area contributed by atoms with Gasteiger partial charge in [0.15, 0.2) is 0 Å². The van der Waals surface area contributed by atoms with Gasteiger partial charge in [-0.25, -0.2) is 4.79 Å². The number of nitrogens with zero attached hydrogens (tertiary/aromatic N) is 1. The third-order valence-electron chi connectivity index (χ3n) is 2.77. The van der Waals surface area contributed by atoms with Crippen LogP contribution in [0.1, 0.15) is 17.0 Å². The molecule has 20 heavy (non-hydrogen) atoms. The molecule has 0 aliphatic rings. The number of hydrogen-bond acceptors (Lipinski definition) is 3. The van der Waals surface area contributed by atoms with Crippen LogP contribution in [0.25, 0.3) is 0 Å². The van der Waals surface area contributed by atoms with Gasteiger partial charge in [-0.1, -0.05) is 27.2 Å². The van der Waals surface area contributed by atoms with Crippen molar-refractivity contribution in [2.45, 2.75) is 20.3 Å². The number of rotatable bonds is 4. The molecule has 2 amide bonds. The van der Waals surface area contributed by atoms with Crippen LogP contribution in [0.3, 0.4) is 0 Å². The second-order valence-electron chi connectivity index (χ2n) is 4.52. The lowest BCUT2D eigenvalue weighted by Gasteiger charge is -2.08. The summed E-state index contributed by atoms with van der Waals surface area (Å²) in [4.78, 5) is 11.7. The number of carbonyl (C=O) groups excluding carboxylic acids is 1. The summed E-state index contributed by atoms with van der Waals surface area (Å²) in [5.41, 5.74) is 2.70. The highest BCUT2D eigenvalue weighted by Crippen LogP contribution is 2.20. The molecular formula is C14H16BrN3O2. The molecule has 0 aliphatic carbocycles. The predicted molar refractivity (Wildman–Crippen MR) is 80.8 cm³/mol. The maximum Gasteiger partial charge on any atom is 0.319 e. The van der Waals surface area contributed by atoms with E-state index < -0.39 is 0 Å². The van der Waals surface area contributed by atoms with E-state index in [1.807, 2.05) is 38.1 Å². The van der Waals surface area contributed by atoms with Gasteiger partial charge in [-0.15, -0.1) is 0 Å². The first-order valence-electron chi connectivity index (χ1n) is 6.28. The highest BCUT2D eigenvalue weighted by atomic mass is 79.9. The van der Waals surface area contributed by atoms with Crippen LogP contribution in [0.2, 0.25) is 0 Å². The van der Waals surface area contributed by atoms with Gasteiger partial charge in [0, 0.05) is 29.2 Å². The zero-order valence-corrected chi connectivity index (χ0v) is 13.0. The van der Waals surface area contributed by atoms with E-state index in [1.54, 1.807) is 0 Å². The van der Waals surface area contributed by atoms with Crippen molar-refractivity contribution in [2.75, 3.05) is 11.9 Å². The number of aryl methyl sites for hydroxylation is 2. The van der Waals surface area contributed by atoms with Crippen molar-refractivity contribution in [3.63, 3.8) is 0 Å². The summed E-state index contributed by atoms with van der Waals surface area (Å²) in [5.74, 6) is 0.772. The summed E-state index contributed by atoms with van der Waals surface area (Å²) < 4.78 is 5.92. The number of urea groups is 1. The summed E-state index contributed by atoms with van der Waals surface area (Å²) in [6.45, 7) is 4.34. The molecule has 0 aliphatic heterocycles.